The fourth-order valence-electron chi connectivity index (χ4n) is 2.99. The Morgan fingerprint density at radius 3 is 2.31 bits per heavy atom. The molecule has 0 unspecified atom stereocenters. The molecule has 3 aromatic rings. The molecular weight excluding hydrogens is 434 g/mol. The molecule has 3 rings (SSSR count). The van der Waals surface area contributed by atoms with Gasteiger partial charge in [0, 0.05) is 18.3 Å². The Morgan fingerprint density at radius 1 is 1.06 bits per heavy atom. The van der Waals surface area contributed by atoms with Crippen LogP contribution in [0.2, 0.25) is 0 Å². The SMILES string of the molecule is CCN(CC[N+](C)(C)C)c1ccc(N=Nc2nc3c([N+](=O)[O-])cc([N+](=O)[O-])cc3s2)cc1. The predicted molar refractivity (Wildman–Crippen MR) is 124 cm³/mol. The lowest BCUT2D eigenvalue weighted by Crippen LogP contribution is -2.42. The minimum absolute atomic E-state index is 0.0609. The zero-order valence-corrected chi connectivity index (χ0v) is 19.1. The van der Waals surface area contributed by atoms with Gasteiger partial charge in [0.25, 0.3) is 5.69 Å². The largest absolute Gasteiger partial charge is 0.366 e. The number of non-ortho nitro benzene ring substituents is 2. The van der Waals surface area contributed by atoms with E-state index >= 15 is 0 Å². The molecule has 0 radical (unpaired) electrons. The zero-order chi connectivity index (χ0) is 23.5. The van der Waals surface area contributed by atoms with Crippen molar-refractivity contribution in [1.82, 2.24) is 4.98 Å². The third kappa shape index (κ3) is 5.59. The van der Waals surface area contributed by atoms with E-state index in [4.69, 9.17) is 0 Å². The van der Waals surface area contributed by atoms with E-state index < -0.39 is 15.5 Å². The number of nitro groups is 2. The van der Waals surface area contributed by atoms with Gasteiger partial charge in [-0.2, -0.15) is 0 Å². The van der Waals surface area contributed by atoms with Crippen LogP contribution in [-0.2, 0) is 0 Å². The first-order valence-corrected chi connectivity index (χ1v) is 10.7. The molecule has 0 N–H and O–H groups in total. The average Bonchev–Trinajstić information content (AvgIpc) is 3.14. The van der Waals surface area contributed by atoms with E-state index in [0.29, 0.717) is 10.4 Å². The van der Waals surface area contributed by atoms with Crippen molar-refractivity contribution in [3.05, 3.63) is 56.6 Å². The number of azo groups is 1. The van der Waals surface area contributed by atoms with Crippen LogP contribution in [0.5, 0.6) is 0 Å². The van der Waals surface area contributed by atoms with Crippen LogP contribution in [0.25, 0.3) is 10.2 Å². The first kappa shape index (κ1) is 23.2. The number of quaternary nitrogens is 1. The van der Waals surface area contributed by atoms with Crippen LogP contribution in [-0.4, -0.2) is 60.1 Å². The number of nitrogens with zero attached hydrogens (tertiary/aromatic N) is 7. The second-order valence-electron chi connectivity index (χ2n) is 8.13. The van der Waals surface area contributed by atoms with Crippen molar-refractivity contribution in [3.8, 4) is 0 Å². The Morgan fingerprint density at radius 2 is 1.75 bits per heavy atom. The summed E-state index contributed by atoms with van der Waals surface area (Å²) in [6.07, 6.45) is 0. The Balaban J connectivity index is 1.81. The van der Waals surface area contributed by atoms with E-state index in [2.05, 4.69) is 48.2 Å². The minimum Gasteiger partial charge on any atom is -0.366 e. The van der Waals surface area contributed by atoms with Crippen molar-refractivity contribution in [2.75, 3.05) is 45.7 Å². The predicted octanol–water partition coefficient (Wildman–Crippen LogP) is 5.06. The van der Waals surface area contributed by atoms with Gasteiger partial charge in [-0.25, -0.2) is 4.98 Å². The molecule has 1 heterocycles. The fraction of sp³-hybridized carbons (Fsp3) is 0.350. The molecule has 0 spiro atoms. The summed E-state index contributed by atoms with van der Waals surface area (Å²) in [5.41, 5.74) is 0.965. The number of hydrogen-bond donors (Lipinski definition) is 0. The highest BCUT2D eigenvalue weighted by atomic mass is 32.1. The van der Waals surface area contributed by atoms with Crippen molar-refractivity contribution in [3.63, 3.8) is 0 Å². The average molecular weight is 459 g/mol. The number of likely N-dealkylation sites (N-methyl/N-ethyl adjacent to an activating group) is 2. The summed E-state index contributed by atoms with van der Waals surface area (Å²) in [6, 6.07) is 9.78. The Labute approximate surface area is 188 Å². The summed E-state index contributed by atoms with van der Waals surface area (Å²) < 4.78 is 1.19. The van der Waals surface area contributed by atoms with Gasteiger partial charge >= 0.3 is 5.69 Å². The summed E-state index contributed by atoms with van der Waals surface area (Å²) in [7, 11) is 6.48. The molecule has 11 nitrogen and oxygen atoms in total. The van der Waals surface area contributed by atoms with Crippen molar-refractivity contribution >= 4 is 49.4 Å². The molecule has 168 valence electrons. The van der Waals surface area contributed by atoms with Gasteiger partial charge in [-0.15, -0.1) is 10.2 Å². The van der Waals surface area contributed by atoms with Crippen molar-refractivity contribution in [1.29, 1.82) is 0 Å². The standard InChI is InChI=1S/C20H24N7O4S/c1-5-24(10-11-27(2,3)4)15-8-6-14(7-9-15)22-23-20-21-19-17(26(30)31)12-16(25(28)29)13-18(19)32-20/h6-9,12-13H,5,10-11H2,1-4H3/q+1. The fourth-order valence-corrected chi connectivity index (χ4v) is 3.84. The molecule has 0 fully saturated rings. The maximum atomic E-state index is 11.3. The third-order valence-corrected chi connectivity index (χ3v) is 5.63. The number of nitro benzene ring substituents is 2. The van der Waals surface area contributed by atoms with E-state index in [0.717, 1.165) is 47.2 Å². The number of anilines is 1. The molecule has 0 saturated carbocycles. The lowest BCUT2D eigenvalue weighted by molar-refractivity contribution is -0.868. The topological polar surface area (TPSA) is 127 Å². The first-order chi connectivity index (χ1) is 15.1. The number of rotatable bonds is 9. The molecule has 0 atom stereocenters. The lowest BCUT2D eigenvalue weighted by Gasteiger charge is -2.29. The number of hydrogen-bond acceptors (Lipinski definition) is 9. The molecule has 0 aliphatic rings. The number of thiazole rings is 1. The summed E-state index contributed by atoms with van der Waals surface area (Å²) >= 11 is 1.01. The number of aromatic nitrogens is 1. The highest BCUT2D eigenvalue weighted by Crippen LogP contribution is 2.37. The number of benzene rings is 2. The van der Waals surface area contributed by atoms with Crippen LogP contribution in [0.3, 0.4) is 0 Å². The van der Waals surface area contributed by atoms with Gasteiger partial charge in [-0.1, -0.05) is 11.3 Å². The molecular formula is C20H24N7O4S+. The molecule has 32 heavy (non-hydrogen) atoms. The Kier molecular flexibility index (Phi) is 6.75. The van der Waals surface area contributed by atoms with Crippen molar-refractivity contribution < 1.29 is 14.3 Å². The lowest BCUT2D eigenvalue weighted by atomic mass is 10.2. The van der Waals surface area contributed by atoms with Crippen LogP contribution in [0.4, 0.5) is 27.9 Å². The van der Waals surface area contributed by atoms with Gasteiger partial charge in [-0.3, -0.25) is 20.2 Å². The van der Waals surface area contributed by atoms with Gasteiger partial charge < -0.3 is 9.38 Å². The zero-order valence-electron chi connectivity index (χ0n) is 18.3. The normalized spacial score (nSPS) is 11.9. The molecule has 0 aliphatic heterocycles. The van der Waals surface area contributed by atoms with Gasteiger partial charge in [0.15, 0.2) is 5.52 Å². The van der Waals surface area contributed by atoms with Crippen LogP contribution in [0.1, 0.15) is 6.92 Å². The third-order valence-electron chi connectivity index (χ3n) is 4.74. The van der Waals surface area contributed by atoms with Gasteiger partial charge in [0.05, 0.1) is 60.5 Å². The van der Waals surface area contributed by atoms with Crippen LogP contribution >= 0.6 is 11.3 Å². The van der Waals surface area contributed by atoms with Gasteiger partial charge in [0.2, 0.25) is 5.13 Å². The quantitative estimate of drug-likeness (QED) is 0.191. The minimum atomic E-state index is -0.688. The molecule has 0 aliphatic carbocycles. The van der Waals surface area contributed by atoms with E-state index in [1.165, 1.54) is 6.07 Å². The van der Waals surface area contributed by atoms with E-state index in [1.807, 2.05) is 24.3 Å². The molecule has 0 saturated heterocycles. The first-order valence-electron chi connectivity index (χ1n) is 9.88. The van der Waals surface area contributed by atoms with Gasteiger partial charge in [-0.05, 0) is 31.2 Å². The van der Waals surface area contributed by atoms with Gasteiger partial charge in [0.1, 0.15) is 0 Å². The summed E-state index contributed by atoms with van der Waals surface area (Å²) in [5.74, 6) is 0. The number of fused-ring (bicyclic) bond motifs is 1. The molecule has 0 amide bonds. The smallest absolute Gasteiger partial charge is 0.303 e. The van der Waals surface area contributed by atoms with Crippen LogP contribution in [0, 0.1) is 20.2 Å². The molecule has 12 heteroatoms. The molecule has 0 bridgehead atoms. The maximum absolute atomic E-state index is 11.3. The van der Waals surface area contributed by atoms with Crippen LogP contribution in [0.15, 0.2) is 46.6 Å². The maximum Gasteiger partial charge on any atom is 0.303 e. The Bertz CT molecular complexity index is 1170. The van der Waals surface area contributed by atoms with Crippen molar-refractivity contribution in [2.24, 2.45) is 10.2 Å². The monoisotopic (exact) mass is 458 g/mol. The summed E-state index contributed by atoms with van der Waals surface area (Å²) in [6.45, 7) is 4.94. The van der Waals surface area contributed by atoms with Crippen molar-refractivity contribution in [2.45, 2.75) is 6.92 Å². The molecule has 2 aromatic carbocycles. The van der Waals surface area contributed by atoms with E-state index in [-0.39, 0.29) is 16.3 Å². The second kappa shape index (κ2) is 9.32. The molecule has 1 aromatic heterocycles. The van der Waals surface area contributed by atoms with E-state index in [1.54, 1.807) is 0 Å². The Hall–Kier alpha value is -3.51. The highest BCUT2D eigenvalue weighted by molar-refractivity contribution is 7.22. The van der Waals surface area contributed by atoms with E-state index in [9.17, 15) is 20.2 Å². The highest BCUT2D eigenvalue weighted by Gasteiger charge is 2.22. The summed E-state index contributed by atoms with van der Waals surface area (Å²) in [5, 5.41) is 30.7. The summed E-state index contributed by atoms with van der Waals surface area (Å²) in [4.78, 5) is 27.4. The van der Waals surface area contributed by atoms with Crippen LogP contribution < -0.4 is 4.90 Å². The second-order valence-corrected chi connectivity index (χ2v) is 9.14.